The van der Waals surface area contributed by atoms with Crippen LogP contribution in [0.5, 0.6) is 0 Å². The molecule has 0 spiro atoms. The number of nitrogens with one attached hydrogen (secondary N) is 2. The van der Waals surface area contributed by atoms with E-state index in [0.717, 1.165) is 16.8 Å². The Bertz CT molecular complexity index is 608. The molecule has 6 heteroatoms. The minimum Gasteiger partial charge on any atom is -0.392 e. The summed E-state index contributed by atoms with van der Waals surface area (Å²) in [7, 11) is 0. The van der Waals surface area contributed by atoms with Gasteiger partial charge in [-0.05, 0) is 11.6 Å². The molecular formula is C16H23ClFN3O. The molecule has 0 aliphatic carbocycles. The number of aliphatic hydroxyl groups is 1. The minimum atomic E-state index is -0.365. The van der Waals surface area contributed by atoms with Crippen molar-refractivity contribution in [3.63, 3.8) is 0 Å². The van der Waals surface area contributed by atoms with Crippen LogP contribution in [0, 0.1) is 5.82 Å². The molecule has 1 heterocycles. The highest BCUT2D eigenvalue weighted by molar-refractivity contribution is 5.85. The van der Waals surface area contributed by atoms with E-state index in [9.17, 15) is 4.39 Å². The highest BCUT2D eigenvalue weighted by atomic mass is 35.5. The Balaban J connectivity index is 0.00000242. The fourth-order valence-electron chi connectivity index (χ4n) is 2.27. The van der Waals surface area contributed by atoms with Gasteiger partial charge in [0, 0.05) is 35.3 Å². The molecule has 0 fully saturated rings. The van der Waals surface area contributed by atoms with Crippen LogP contribution in [-0.4, -0.2) is 15.3 Å². The van der Waals surface area contributed by atoms with E-state index < -0.39 is 0 Å². The summed E-state index contributed by atoms with van der Waals surface area (Å²) in [6.07, 6.45) is 1.82. The van der Waals surface area contributed by atoms with Crippen LogP contribution in [0.1, 0.15) is 43.2 Å². The van der Waals surface area contributed by atoms with Crippen LogP contribution in [-0.2, 0) is 25.1 Å². The van der Waals surface area contributed by atoms with Crippen LogP contribution in [0.4, 0.5) is 4.39 Å². The highest BCUT2D eigenvalue weighted by Gasteiger charge is 2.19. The lowest BCUT2D eigenvalue weighted by atomic mass is 9.89. The zero-order valence-corrected chi connectivity index (χ0v) is 13.9. The fourth-order valence-corrected chi connectivity index (χ4v) is 2.27. The second-order valence-corrected chi connectivity index (χ2v) is 6.21. The first kappa shape index (κ1) is 18.6. The molecule has 0 saturated heterocycles. The molecule has 0 amide bonds. The number of aromatic amines is 1. The van der Waals surface area contributed by atoms with Gasteiger partial charge in [-0.15, -0.1) is 12.4 Å². The van der Waals surface area contributed by atoms with E-state index in [-0.39, 0.29) is 30.2 Å². The smallest absolute Gasteiger partial charge is 0.129 e. The Labute approximate surface area is 136 Å². The van der Waals surface area contributed by atoms with Crippen molar-refractivity contribution in [3.8, 4) is 0 Å². The van der Waals surface area contributed by atoms with Gasteiger partial charge >= 0.3 is 0 Å². The number of benzene rings is 1. The summed E-state index contributed by atoms with van der Waals surface area (Å²) >= 11 is 0. The molecule has 0 aliphatic rings. The topological polar surface area (TPSA) is 60.9 Å². The molecule has 0 aliphatic heterocycles. The van der Waals surface area contributed by atoms with Gasteiger partial charge < -0.3 is 10.4 Å². The number of halogens is 2. The number of aliphatic hydroxyl groups excluding tert-OH is 1. The number of hydrogen-bond acceptors (Lipinski definition) is 3. The maximum atomic E-state index is 13.6. The van der Waals surface area contributed by atoms with Gasteiger partial charge in [0.25, 0.3) is 0 Å². The molecule has 122 valence electrons. The summed E-state index contributed by atoms with van der Waals surface area (Å²) in [4.78, 5) is 0. The Morgan fingerprint density at radius 2 is 1.95 bits per heavy atom. The van der Waals surface area contributed by atoms with Crippen LogP contribution in [0.2, 0.25) is 0 Å². The average Bonchev–Trinajstić information content (AvgIpc) is 2.87. The summed E-state index contributed by atoms with van der Waals surface area (Å²) in [5, 5.41) is 19.4. The van der Waals surface area contributed by atoms with Gasteiger partial charge in [-0.25, -0.2) is 4.39 Å². The van der Waals surface area contributed by atoms with Gasteiger partial charge in [0.05, 0.1) is 12.8 Å². The first-order valence-electron chi connectivity index (χ1n) is 7.03. The monoisotopic (exact) mass is 327 g/mol. The summed E-state index contributed by atoms with van der Waals surface area (Å²) in [6, 6.07) is 4.89. The Morgan fingerprint density at radius 1 is 1.23 bits per heavy atom. The third kappa shape index (κ3) is 4.53. The summed E-state index contributed by atoms with van der Waals surface area (Å²) < 4.78 is 13.6. The molecule has 0 saturated carbocycles. The molecule has 0 bridgehead atoms. The molecule has 4 nitrogen and oxygen atoms in total. The largest absolute Gasteiger partial charge is 0.392 e. The van der Waals surface area contributed by atoms with Crippen LogP contribution in [0.25, 0.3) is 0 Å². The maximum Gasteiger partial charge on any atom is 0.129 e. The quantitative estimate of drug-likeness (QED) is 0.791. The van der Waals surface area contributed by atoms with Crippen molar-refractivity contribution in [1.82, 2.24) is 15.5 Å². The van der Waals surface area contributed by atoms with Crippen molar-refractivity contribution < 1.29 is 9.50 Å². The molecule has 0 atom stereocenters. The first-order valence-corrected chi connectivity index (χ1v) is 7.03. The molecule has 1 aromatic heterocycles. The normalized spacial score (nSPS) is 11.3. The Morgan fingerprint density at radius 3 is 2.55 bits per heavy atom. The SMILES string of the molecule is CC(C)(C)c1[nH]ncc1CNCc1ccc(CO)c(F)c1.Cl. The summed E-state index contributed by atoms with van der Waals surface area (Å²) in [5.74, 6) is -0.365. The zero-order valence-electron chi connectivity index (χ0n) is 13.1. The van der Waals surface area contributed by atoms with Crippen molar-refractivity contribution in [2.24, 2.45) is 0 Å². The number of H-pyrrole nitrogens is 1. The van der Waals surface area contributed by atoms with Crippen molar-refractivity contribution in [2.75, 3.05) is 0 Å². The second kappa shape index (κ2) is 7.72. The predicted octanol–water partition coefficient (Wildman–Crippen LogP) is 3.05. The Kier molecular flexibility index (Phi) is 6.53. The molecule has 0 unspecified atom stereocenters. The number of rotatable bonds is 5. The van der Waals surface area contributed by atoms with Crippen molar-refractivity contribution in [3.05, 3.63) is 52.6 Å². The van der Waals surface area contributed by atoms with Gasteiger partial charge in [0.1, 0.15) is 5.82 Å². The van der Waals surface area contributed by atoms with E-state index >= 15 is 0 Å². The van der Waals surface area contributed by atoms with Crippen molar-refractivity contribution in [2.45, 2.75) is 45.9 Å². The standard InChI is InChI=1S/C16H22FN3O.ClH/c1-16(2,3)15-13(9-19-20-15)8-18-7-11-4-5-12(10-21)14(17)6-11;/h4-6,9,18,21H,7-8,10H2,1-3H3,(H,19,20);1H. The lowest BCUT2D eigenvalue weighted by Crippen LogP contribution is -2.19. The number of hydrogen-bond donors (Lipinski definition) is 3. The Hall–Kier alpha value is -1.43. The van der Waals surface area contributed by atoms with Crippen molar-refractivity contribution in [1.29, 1.82) is 0 Å². The minimum absolute atomic E-state index is 0. The first-order chi connectivity index (χ1) is 9.91. The molecule has 22 heavy (non-hydrogen) atoms. The van der Waals surface area contributed by atoms with E-state index in [1.807, 2.05) is 12.3 Å². The third-order valence-corrected chi connectivity index (χ3v) is 3.40. The van der Waals surface area contributed by atoms with E-state index in [1.54, 1.807) is 6.07 Å². The molecule has 0 radical (unpaired) electrons. The van der Waals surface area contributed by atoms with E-state index in [1.165, 1.54) is 6.07 Å². The third-order valence-electron chi connectivity index (χ3n) is 3.40. The molecule has 1 aromatic carbocycles. The lowest BCUT2D eigenvalue weighted by Gasteiger charge is -2.18. The molecule has 2 rings (SSSR count). The lowest BCUT2D eigenvalue weighted by molar-refractivity contribution is 0.275. The fraction of sp³-hybridized carbons (Fsp3) is 0.438. The van der Waals surface area contributed by atoms with Crippen LogP contribution in [0.15, 0.2) is 24.4 Å². The molecular weight excluding hydrogens is 305 g/mol. The van der Waals surface area contributed by atoms with E-state index in [0.29, 0.717) is 18.7 Å². The zero-order chi connectivity index (χ0) is 15.5. The molecule has 2 aromatic rings. The van der Waals surface area contributed by atoms with E-state index in [2.05, 4.69) is 36.3 Å². The highest BCUT2D eigenvalue weighted by Crippen LogP contribution is 2.23. The molecule has 3 N–H and O–H groups in total. The van der Waals surface area contributed by atoms with Gasteiger partial charge in [0.15, 0.2) is 0 Å². The van der Waals surface area contributed by atoms with Crippen LogP contribution >= 0.6 is 12.4 Å². The van der Waals surface area contributed by atoms with Crippen LogP contribution in [0.3, 0.4) is 0 Å². The second-order valence-electron chi connectivity index (χ2n) is 6.21. The van der Waals surface area contributed by atoms with Gasteiger partial charge in [-0.3, -0.25) is 5.10 Å². The summed E-state index contributed by atoms with van der Waals surface area (Å²) in [5.41, 5.74) is 3.42. The number of nitrogens with zero attached hydrogens (tertiary/aromatic N) is 1. The summed E-state index contributed by atoms with van der Waals surface area (Å²) in [6.45, 7) is 7.36. The maximum absolute atomic E-state index is 13.6. The van der Waals surface area contributed by atoms with Crippen molar-refractivity contribution >= 4 is 12.4 Å². The van der Waals surface area contributed by atoms with Crippen LogP contribution < -0.4 is 5.32 Å². The predicted molar refractivity (Wildman–Crippen MR) is 87.4 cm³/mol. The number of aromatic nitrogens is 2. The average molecular weight is 328 g/mol. The van der Waals surface area contributed by atoms with Gasteiger partial charge in [-0.1, -0.05) is 32.9 Å². The van der Waals surface area contributed by atoms with E-state index in [4.69, 9.17) is 5.11 Å². The van der Waals surface area contributed by atoms with Gasteiger partial charge in [-0.2, -0.15) is 5.10 Å². The van der Waals surface area contributed by atoms with Gasteiger partial charge in [0.2, 0.25) is 0 Å².